The highest BCUT2D eigenvalue weighted by Crippen LogP contribution is 2.32. The Morgan fingerprint density at radius 1 is 1.11 bits per heavy atom. The van der Waals surface area contributed by atoms with E-state index in [9.17, 15) is 4.79 Å². The van der Waals surface area contributed by atoms with E-state index in [4.69, 9.17) is 14.2 Å². The predicted molar refractivity (Wildman–Crippen MR) is 110 cm³/mol. The van der Waals surface area contributed by atoms with Gasteiger partial charge in [0, 0.05) is 5.38 Å². The molecule has 28 heavy (non-hydrogen) atoms. The molecule has 6 heteroatoms. The first-order valence-electron chi connectivity index (χ1n) is 9.04. The summed E-state index contributed by atoms with van der Waals surface area (Å²) >= 11 is 1.49. The van der Waals surface area contributed by atoms with Gasteiger partial charge in [0.05, 0.1) is 30.5 Å². The third-order valence-electron chi connectivity index (χ3n) is 3.91. The third-order valence-corrected chi connectivity index (χ3v) is 4.84. The molecule has 0 bridgehead atoms. The SMILES string of the molecule is COc1ccccc1-c1nc(COC(=O)c2ccc(OCC(C)C)cc2)cs1. The minimum atomic E-state index is -0.387. The van der Waals surface area contributed by atoms with Crippen molar-refractivity contribution in [2.24, 2.45) is 5.92 Å². The smallest absolute Gasteiger partial charge is 0.338 e. The quantitative estimate of drug-likeness (QED) is 0.488. The van der Waals surface area contributed by atoms with Gasteiger partial charge in [0.2, 0.25) is 0 Å². The zero-order valence-electron chi connectivity index (χ0n) is 16.2. The van der Waals surface area contributed by atoms with Crippen LogP contribution in [0.3, 0.4) is 0 Å². The number of para-hydroxylation sites is 1. The van der Waals surface area contributed by atoms with Gasteiger partial charge in [-0.15, -0.1) is 11.3 Å². The fourth-order valence-electron chi connectivity index (χ4n) is 2.49. The second-order valence-corrected chi connectivity index (χ2v) is 7.51. The number of nitrogens with zero attached hydrogens (tertiary/aromatic N) is 1. The monoisotopic (exact) mass is 397 g/mol. The van der Waals surface area contributed by atoms with Crippen LogP contribution < -0.4 is 9.47 Å². The van der Waals surface area contributed by atoms with E-state index in [1.165, 1.54) is 11.3 Å². The summed E-state index contributed by atoms with van der Waals surface area (Å²) in [6.07, 6.45) is 0. The number of hydrogen-bond donors (Lipinski definition) is 0. The van der Waals surface area contributed by atoms with Crippen LogP contribution in [0.1, 0.15) is 29.9 Å². The van der Waals surface area contributed by atoms with E-state index in [1.807, 2.05) is 29.6 Å². The van der Waals surface area contributed by atoms with Crippen LogP contribution in [0.5, 0.6) is 11.5 Å². The number of methoxy groups -OCH3 is 1. The Hall–Kier alpha value is -2.86. The van der Waals surface area contributed by atoms with E-state index in [-0.39, 0.29) is 12.6 Å². The van der Waals surface area contributed by atoms with Crippen LogP contribution >= 0.6 is 11.3 Å². The summed E-state index contributed by atoms with van der Waals surface area (Å²) in [5, 5.41) is 2.72. The molecule has 3 rings (SSSR count). The molecule has 0 amide bonds. The van der Waals surface area contributed by atoms with Gasteiger partial charge in [-0.3, -0.25) is 0 Å². The van der Waals surface area contributed by atoms with Crippen molar-refractivity contribution in [2.45, 2.75) is 20.5 Å². The van der Waals surface area contributed by atoms with E-state index in [2.05, 4.69) is 18.8 Å². The Kier molecular flexibility index (Phi) is 6.66. The second kappa shape index (κ2) is 9.37. The number of carbonyl (C=O) groups is 1. The molecule has 0 saturated heterocycles. The number of aromatic nitrogens is 1. The fraction of sp³-hybridized carbons (Fsp3) is 0.273. The van der Waals surface area contributed by atoms with Gasteiger partial charge in [-0.05, 0) is 42.3 Å². The fourth-order valence-corrected chi connectivity index (χ4v) is 3.33. The van der Waals surface area contributed by atoms with Crippen molar-refractivity contribution in [1.29, 1.82) is 0 Å². The van der Waals surface area contributed by atoms with Crippen LogP contribution in [-0.2, 0) is 11.3 Å². The van der Waals surface area contributed by atoms with Crippen molar-refractivity contribution >= 4 is 17.3 Å². The van der Waals surface area contributed by atoms with E-state index >= 15 is 0 Å². The predicted octanol–water partition coefficient (Wildman–Crippen LogP) is 5.21. The molecule has 0 N–H and O–H groups in total. The number of thiazole rings is 1. The topological polar surface area (TPSA) is 57.7 Å². The summed E-state index contributed by atoms with van der Waals surface area (Å²) in [7, 11) is 1.63. The molecule has 0 spiro atoms. The van der Waals surface area contributed by atoms with Gasteiger partial charge in [0.25, 0.3) is 0 Å². The first-order valence-corrected chi connectivity index (χ1v) is 9.92. The summed E-state index contributed by atoms with van der Waals surface area (Å²) in [6, 6.07) is 14.7. The number of rotatable bonds is 8. The van der Waals surface area contributed by atoms with Crippen LogP contribution in [0.2, 0.25) is 0 Å². The zero-order chi connectivity index (χ0) is 19.9. The number of benzene rings is 2. The minimum Gasteiger partial charge on any atom is -0.496 e. The van der Waals surface area contributed by atoms with Crippen LogP contribution in [0.4, 0.5) is 0 Å². The Balaban J connectivity index is 1.58. The molecule has 0 atom stereocenters. The summed E-state index contributed by atoms with van der Waals surface area (Å²) in [5.41, 5.74) is 2.11. The number of hydrogen-bond acceptors (Lipinski definition) is 6. The van der Waals surface area contributed by atoms with Gasteiger partial charge >= 0.3 is 5.97 Å². The van der Waals surface area contributed by atoms with Gasteiger partial charge in [-0.1, -0.05) is 26.0 Å². The maximum Gasteiger partial charge on any atom is 0.338 e. The van der Waals surface area contributed by atoms with Crippen molar-refractivity contribution in [1.82, 2.24) is 4.98 Å². The van der Waals surface area contributed by atoms with E-state index in [0.717, 1.165) is 22.1 Å². The zero-order valence-corrected chi connectivity index (χ0v) is 17.0. The normalized spacial score (nSPS) is 10.7. The summed E-state index contributed by atoms with van der Waals surface area (Å²) in [6.45, 7) is 4.94. The lowest BCUT2D eigenvalue weighted by Crippen LogP contribution is -2.07. The van der Waals surface area contributed by atoms with Crippen LogP contribution in [0.25, 0.3) is 10.6 Å². The largest absolute Gasteiger partial charge is 0.496 e. The molecule has 0 radical (unpaired) electrons. The van der Waals surface area contributed by atoms with Crippen molar-refractivity contribution in [3.05, 3.63) is 65.2 Å². The van der Waals surface area contributed by atoms with E-state index in [1.54, 1.807) is 31.4 Å². The molecule has 0 aliphatic carbocycles. The Bertz CT molecular complexity index is 918. The molecule has 0 aliphatic heterocycles. The van der Waals surface area contributed by atoms with E-state index < -0.39 is 0 Å². The maximum atomic E-state index is 12.3. The maximum absolute atomic E-state index is 12.3. The third kappa shape index (κ3) is 5.10. The van der Waals surface area contributed by atoms with Crippen molar-refractivity contribution in [2.75, 3.05) is 13.7 Å². The standard InChI is InChI=1S/C22H23NO4S/c1-15(2)12-26-18-10-8-16(9-11-18)22(24)27-13-17-14-28-21(23-17)19-6-4-5-7-20(19)25-3/h4-11,14-15H,12-13H2,1-3H3. The molecule has 0 fully saturated rings. The Labute approximate surface area is 168 Å². The number of carbonyl (C=O) groups excluding carboxylic acids is 1. The number of ether oxygens (including phenoxy) is 3. The van der Waals surface area contributed by atoms with Crippen LogP contribution in [-0.4, -0.2) is 24.7 Å². The molecule has 5 nitrogen and oxygen atoms in total. The lowest BCUT2D eigenvalue weighted by molar-refractivity contribution is 0.0468. The Morgan fingerprint density at radius 2 is 1.86 bits per heavy atom. The summed E-state index contributed by atoms with van der Waals surface area (Å²) < 4.78 is 16.4. The lowest BCUT2D eigenvalue weighted by Gasteiger charge is -2.09. The second-order valence-electron chi connectivity index (χ2n) is 6.65. The molecule has 0 saturated carbocycles. The molecule has 3 aromatic rings. The highest BCUT2D eigenvalue weighted by Gasteiger charge is 2.12. The molecule has 146 valence electrons. The molecule has 0 aliphatic rings. The first-order chi connectivity index (χ1) is 13.6. The van der Waals surface area contributed by atoms with Gasteiger partial charge in [0.15, 0.2) is 0 Å². The minimum absolute atomic E-state index is 0.121. The average molecular weight is 397 g/mol. The van der Waals surface area contributed by atoms with E-state index in [0.29, 0.717) is 23.8 Å². The summed E-state index contributed by atoms with van der Waals surface area (Å²) in [4.78, 5) is 16.8. The van der Waals surface area contributed by atoms with Crippen molar-refractivity contribution < 1.29 is 19.0 Å². The lowest BCUT2D eigenvalue weighted by atomic mass is 10.2. The van der Waals surface area contributed by atoms with Crippen molar-refractivity contribution in [3.8, 4) is 22.1 Å². The first kappa shape index (κ1) is 19.9. The molecular formula is C22H23NO4S. The molecule has 0 unspecified atom stereocenters. The van der Waals surface area contributed by atoms with Gasteiger partial charge in [-0.25, -0.2) is 9.78 Å². The highest BCUT2D eigenvalue weighted by atomic mass is 32.1. The number of esters is 1. The molecule has 1 heterocycles. The molecule has 1 aromatic heterocycles. The van der Waals surface area contributed by atoms with Gasteiger partial charge < -0.3 is 14.2 Å². The molecular weight excluding hydrogens is 374 g/mol. The van der Waals surface area contributed by atoms with Gasteiger partial charge in [0.1, 0.15) is 23.1 Å². The van der Waals surface area contributed by atoms with Crippen LogP contribution in [0, 0.1) is 5.92 Å². The van der Waals surface area contributed by atoms with Crippen LogP contribution in [0.15, 0.2) is 53.9 Å². The average Bonchev–Trinajstić information content (AvgIpc) is 3.19. The van der Waals surface area contributed by atoms with Crippen molar-refractivity contribution in [3.63, 3.8) is 0 Å². The Morgan fingerprint density at radius 3 is 2.57 bits per heavy atom. The van der Waals surface area contributed by atoms with Gasteiger partial charge in [-0.2, -0.15) is 0 Å². The summed E-state index contributed by atoms with van der Waals surface area (Å²) in [5.74, 6) is 1.57. The highest BCUT2D eigenvalue weighted by molar-refractivity contribution is 7.13. The molecule has 2 aromatic carbocycles.